The molecule has 7 nitrogen and oxygen atoms in total. The highest BCUT2D eigenvalue weighted by Gasteiger charge is 2.21. The van der Waals surface area contributed by atoms with Gasteiger partial charge in [-0.05, 0) is 24.6 Å². The number of aryl methyl sites for hydroxylation is 1. The largest absolute Gasteiger partial charge is 0.480 e. The van der Waals surface area contributed by atoms with Gasteiger partial charge in [0.05, 0.1) is 33.1 Å². The molecule has 0 fully saturated rings. The maximum absolute atomic E-state index is 12.8. The molecule has 0 spiro atoms. The van der Waals surface area contributed by atoms with Gasteiger partial charge in [-0.2, -0.15) is 4.98 Å². The second-order valence-electron chi connectivity index (χ2n) is 5.63. The number of halogens is 2. The third-order valence-corrected chi connectivity index (χ3v) is 5.62. The van der Waals surface area contributed by atoms with Gasteiger partial charge in [0.2, 0.25) is 5.88 Å². The zero-order chi connectivity index (χ0) is 19.7. The number of hydrogen-bond acceptors (Lipinski definition) is 7. The molecule has 1 amide bonds. The summed E-state index contributed by atoms with van der Waals surface area (Å²) in [5.74, 6) is 0.563. The summed E-state index contributed by atoms with van der Waals surface area (Å²) in [5.41, 5.74) is 7.16. The number of methoxy groups -OCH3 is 2. The van der Waals surface area contributed by atoms with Crippen molar-refractivity contribution in [2.45, 2.75) is 13.5 Å². The van der Waals surface area contributed by atoms with Gasteiger partial charge in [0, 0.05) is 12.8 Å². The van der Waals surface area contributed by atoms with E-state index < -0.39 is 0 Å². The molecule has 0 unspecified atom stereocenters. The van der Waals surface area contributed by atoms with Crippen molar-refractivity contribution in [3.05, 3.63) is 38.4 Å². The fourth-order valence-corrected chi connectivity index (χ4v) is 4.12. The first kappa shape index (κ1) is 19.6. The molecule has 0 bridgehead atoms. The Morgan fingerprint density at radius 1 is 1.26 bits per heavy atom. The molecule has 27 heavy (non-hydrogen) atoms. The molecule has 0 atom stereocenters. The van der Waals surface area contributed by atoms with Crippen LogP contribution in [-0.2, 0) is 11.3 Å². The number of thiophene rings is 1. The molecule has 3 rings (SSSR count). The summed E-state index contributed by atoms with van der Waals surface area (Å²) in [6.45, 7) is 2.06. The maximum Gasteiger partial charge on any atom is 0.266 e. The molecular weight excluding hydrogens is 411 g/mol. The number of amides is 1. The molecule has 0 aliphatic carbocycles. The molecule has 0 saturated carbocycles. The van der Waals surface area contributed by atoms with E-state index in [1.54, 1.807) is 19.2 Å². The van der Waals surface area contributed by atoms with Crippen molar-refractivity contribution >= 4 is 62.0 Å². The van der Waals surface area contributed by atoms with Crippen LogP contribution in [0.3, 0.4) is 0 Å². The van der Waals surface area contributed by atoms with Crippen LogP contribution in [0, 0.1) is 6.92 Å². The predicted molar refractivity (Wildman–Crippen MR) is 108 cm³/mol. The average Bonchev–Trinajstić information content (AvgIpc) is 2.96. The van der Waals surface area contributed by atoms with Gasteiger partial charge in [-0.15, -0.1) is 11.3 Å². The minimum Gasteiger partial charge on any atom is -0.480 e. The monoisotopic (exact) mass is 426 g/mol. The average molecular weight is 427 g/mol. The van der Waals surface area contributed by atoms with Gasteiger partial charge in [-0.1, -0.05) is 23.2 Å². The molecule has 3 N–H and O–H groups in total. The highest BCUT2D eigenvalue weighted by atomic mass is 35.5. The van der Waals surface area contributed by atoms with Gasteiger partial charge in [0.15, 0.2) is 5.82 Å². The number of benzene rings is 1. The Bertz CT molecular complexity index is 1020. The lowest BCUT2D eigenvalue weighted by Gasteiger charge is -2.08. The van der Waals surface area contributed by atoms with Gasteiger partial charge in [-0.3, -0.25) is 4.79 Å². The number of carbonyl (C=O) groups is 1. The summed E-state index contributed by atoms with van der Waals surface area (Å²) in [5, 5.41) is 4.01. The van der Waals surface area contributed by atoms with Crippen molar-refractivity contribution in [2.75, 3.05) is 25.3 Å². The Kier molecular flexibility index (Phi) is 5.71. The Hall–Kier alpha value is -2.13. The molecule has 3 aromatic rings. The Labute approximate surface area is 169 Å². The summed E-state index contributed by atoms with van der Waals surface area (Å²) < 4.78 is 10.5. The quantitative estimate of drug-likeness (QED) is 0.590. The number of fused-ring (bicyclic) bond motifs is 1. The molecule has 10 heteroatoms. The van der Waals surface area contributed by atoms with Crippen molar-refractivity contribution in [3.63, 3.8) is 0 Å². The van der Waals surface area contributed by atoms with Crippen LogP contribution in [0.5, 0.6) is 5.88 Å². The third-order valence-electron chi connectivity index (χ3n) is 3.81. The van der Waals surface area contributed by atoms with Gasteiger partial charge >= 0.3 is 0 Å². The zero-order valence-electron chi connectivity index (χ0n) is 14.7. The van der Waals surface area contributed by atoms with Crippen LogP contribution in [0.4, 0.5) is 11.4 Å². The number of nitrogens with zero attached hydrogens (tertiary/aromatic N) is 2. The summed E-state index contributed by atoms with van der Waals surface area (Å²) >= 11 is 13.3. The van der Waals surface area contributed by atoms with Gasteiger partial charge in [0.1, 0.15) is 11.4 Å². The highest BCUT2D eigenvalue weighted by Crippen LogP contribution is 2.36. The lowest BCUT2D eigenvalue weighted by atomic mass is 10.2. The van der Waals surface area contributed by atoms with E-state index in [0.717, 1.165) is 5.56 Å². The van der Waals surface area contributed by atoms with Crippen molar-refractivity contribution in [2.24, 2.45) is 0 Å². The van der Waals surface area contributed by atoms with E-state index in [0.29, 0.717) is 32.5 Å². The molecule has 0 radical (unpaired) electrons. The number of nitrogens with two attached hydrogens (primary N) is 1. The third kappa shape index (κ3) is 3.79. The second-order valence-corrected chi connectivity index (χ2v) is 7.44. The van der Waals surface area contributed by atoms with Crippen LogP contribution >= 0.6 is 34.5 Å². The molecule has 2 aromatic heterocycles. The smallest absolute Gasteiger partial charge is 0.266 e. The maximum atomic E-state index is 12.8. The fraction of sp³-hybridized carbons (Fsp3) is 0.235. The predicted octanol–water partition coefficient (Wildman–Crippen LogP) is 4.30. The van der Waals surface area contributed by atoms with Crippen LogP contribution < -0.4 is 15.8 Å². The van der Waals surface area contributed by atoms with E-state index in [2.05, 4.69) is 15.3 Å². The minimum absolute atomic E-state index is 0.243. The Morgan fingerprint density at radius 3 is 2.52 bits per heavy atom. The lowest BCUT2D eigenvalue weighted by molar-refractivity contribution is 0.103. The standard InChI is InChI=1S/C17H16Cl2N4O3S/c1-7-12-16(26-3)22-11(6-25-2)23-17(12)27-14(7)15(24)21-8-4-9(18)13(20)10(19)5-8/h4-5H,6,20H2,1-3H3,(H,21,24). The van der Waals surface area contributed by atoms with E-state index in [4.69, 9.17) is 38.4 Å². The zero-order valence-corrected chi connectivity index (χ0v) is 17.1. The molecular formula is C17H16Cl2N4O3S. The van der Waals surface area contributed by atoms with Crippen molar-refractivity contribution in [1.82, 2.24) is 9.97 Å². The number of nitrogen functional groups attached to an aromatic ring is 1. The fourth-order valence-electron chi connectivity index (χ4n) is 2.55. The van der Waals surface area contributed by atoms with Crippen LogP contribution in [0.2, 0.25) is 10.0 Å². The van der Waals surface area contributed by atoms with Crippen LogP contribution in [0.1, 0.15) is 21.1 Å². The second kappa shape index (κ2) is 7.85. The molecule has 2 heterocycles. The van der Waals surface area contributed by atoms with E-state index in [1.165, 1.54) is 18.4 Å². The SMILES string of the molecule is COCc1nc(OC)c2c(C)c(C(=O)Nc3cc(Cl)c(N)c(Cl)c3)sc2n1. The van der Waals surface area contributed by atoms with Gasteiger partial charge in [-0.25, -0.2) is 4.98 Å². The van der Waals surface area contributed by atoms with Crippen molar-refractivity contribution in [1.29, 1.82) is 0 Å². The highest BCUT2D eigenvalue weighted by molar-refractivity contribution is 7.20. The van der Waals surface area contributed by atoms with Crippen molar-refractivity contribution in [3.8, 4) is 5.88 Å². The molecule has 0 aliphatic rings. The van der Waals surface area contributed by atoms with Gasteiger partial charge in [0.25, 0.3) is 5.91 Å². The van der Waals surface area contributed by atoms with Crippen LogP contribution in [0.25, 0.3) is 10.2 Å². The molecule has 0 aliphatic heterocycles. The van der Waals surface area contributed by atoms with E-state index in [9.17, 15) is 4.79 Å². The number of rotatable bonds is 5. The Balaban J connectivity index is 2.01. The lowest BCUT2D eigenvalue weighted by Crippen LogP contribution is -2.11. The summed E-state index contributed by atoms with van der Waals surface area (Å²) in [7, 11) is 3.08. The van der Waals surface area contributed by atoms with Gasteiger partial charge < -0.3 is 20.5 Å². The van der Waals surface area contributed by atoms with Crippen LogP contribution in [-0.4, -0.2) is 30.1 Å². The molecule has 142 valence electrons. The first-order chi connectivity index (χ1) is 12.8. The van der Waals surface area contributed by atoms with E-state index >= 15 is 0 Å². The number of nitrogens with one attached hydrogen (secondary N) is 1. The number of hydrogen-bond donors (Lipinski definition) is 2. The summed E-state index contributed by atoms with van der Waals surface area (Å²) in [6.07, 6.45) is 0. The Morgan fingerprint density at radius 2 is 1.93 bits per heavy atom. The minimum atomic E-state index is -0.317. The molecule has 1 aromatic carbocycles. The first-order valence-electron chi connectivity index (χ1n) is 7.74. The summed E-state index contributed by atoms with van der Waals surface area (Å²) in [6, 6.07) is 3.08. The van der Waals surface area contributed by atoms with Crippen molar-refractivity contribution < 1.29 is 14.3 Å². The van der Waals surface area contributed by atoms with E-state index in [-0.39, 0.29) is 28.2 Å². The normalized spacial score (nSPS) is 11.0. The topological polar surface area (TPSA) is 99.4 Å². The number of ether oxygens (including phenoxy) is 2. The number of aromatic nitrogens is 2. The molecule has 0 saturated heterocycles. The number of anilines is 2. The van der Waals surface area contributed by atoms with Crippen LogP contribution in [0.15, 0.2) is 12.1 Å². The van der Waals surface area contributed by atoms with E-state index in [1.807, 2.05) is 6.92 Å². The number of carbonyl (C=O) groups excluding carboxylic acids is 1. The summed E-state index contributed by atoms with van der Waals surface area (Å²) in [4.78, 5) is 22.7. The first-order valence-corrected chi connectivity index (χ1v) is 9.31.